The summed E-state index contributed by atoms with van der Waals surface area (Å²) < 4.78 is 5.88. The Morgan fingerprint density at radius 3 is 2.41 bits per heavy atom. The standard InChI is InChI=1S/C21H13ClN2O3/c22-13-6-5-12-9-18(23-17(12)10-13)19-8-7-14(27-19)11-24-20(25)15-3-1-2-4-16(15)21(24)26/h1-10,23H,11H2. The first-order chi connectivity index (χ1) is 13.1. The van der Waals surface area contributed by atoms with Crippen molar-refractivity contribution in [1.29, 1.82) is 0 Å². The van der Waals surface area contributed by atoms with Gasteiger partial charge in [0.25, 0.3) is 11.8 Å². The molecule has 0 fully saturated rings. The fraction of sp³-hybridized carbons (Fsp3) is 0.0476. The highest BCUT2D eigenvalue weighted by molar-refractivity contribution is 6.31. The summed E-state index contributed by atoms with van der Waals surface area (Å²) >= 11 is 6.03. The van der Waals surface area contributed by atoms with Gasteiger partial charge in [-0.15, -0.1) is 0 Å². The molecule has 27 heavy (non-hydrogen) atoms. The number of furan rings is 1. The van der Waals surface area contributed by atoms with Crippen LogP contribution in [0.5, 0.6) is 0 Å². The molecule has 1 N–H and O–H groups in total. The second-order valence-corrected chi connectivity index (χ2v) is 6.86. The number of aromatic amines is 1. The van der Waals surface area contributed by atoms with E-state index in [2.05, 4.69) is 4.98 Å². The molecule has 2 aromatic heterocycles. The fourth-order valence-electron chi connectivity index (χ4n) is 3.38. The van der Waals surface area contributed by atoms with Crippen molar-refractivity contribution in [2.75, 3.05) is 0 Å². The first-order valence-electron chi connectivity index (χ1n) is 8.43. The third kappa shape index (κ3) is 2.55. The molecular weight excluding hydrogens is 364 g/mol. The molecule has 1 aliphatic rings. The van der Waals surface area contributed by atoms with Gasteiger partial charge in [-0.2, -0.15) is 0 Å². The lowest BCUT2D eigenvalue weighted by Gasteiger charge is -2.11. The molecule has 0 radical (unpaired) electrons. The number of H-pyrrole nitrogens is 1. The van der Waals surface area contributed by atoms with Crippen molar-refractivity contribution in [3.05, 3.63) is 82.6 Å². The molecule has 132 valence electrons. The van der Waals surface area contributed by atoms with Gasteiger partial charge >= 0.3 is 0 Å². The molecule has 0 bridgehead atoms. The number of hydrogen-bond acceptors (Lipinski definition) is 3. The van der Waals surface area contributed by atoms with Gasteiger partial charge < -0.3 is 9.40 Å². The Morgan fingerprint density at radius 2 is 1.67 bits per heavy atom. The fourth-order valence-corrected chi connectivity index (χ4v) is 3.55. The number of halogens is 1. The Hall–Kier alpha value is -3.31. The zero-order chi connectivity index (χ0) is 18.5. The molecule has 0 unspecified atom stereocenters. The lowest BCUT2D eigenvalue weighted by Crippen LogP contribution is -2.28. The number of carbonyl (C=O) groups excluding carboxylic acids is 2. The quantitative estimate of drug-likeness (QED) is 0.518. The van der Waals surface area contributed by atoms with Gasteiger partial charge in [-0.05, 0) is 42.5 Å². The summed E-state index contributed by atoms with van der Waals surface area (Å²) in [5, 5.41) is 1.68. The van der Waals surface area contributed by atoms with Crippen LogP contribution >= 0.6 is 11.6 Å². The SMILES string of the molecule is O=C1c2ccccc2C(=O)N1Cc1ccc(-c2cc3ccc(Cl)cc3[nH]2)o1. The predicted molar refractivity (Wildman–Crippen MR) is 102 cm³/mol. The number of amides is 2. The zero-order valence-corrected chi connectivity index (χ0v) is 14.8. The maximum atomic E-state index is 12.5. The second-order valence-electron chi connectivity index (χ2n) is 6.42. The lowest BCUT2D eigenvalue weighted by atomic mass is 10.1. The Morgan fingerprint density at radius 1 is 0.926 bits per heavy atom. The first-order valence-corrected chi connectivity index (χ1v) is 8.80. The minimum atomic E-state index is -0.297. The number of rotatable bonds is 3. The van der Waals surface area contributed by atoms with E-state index in [4.69, 9.17) is 16.0 Å². The van der Waals surface area contributed by atoms with Gasteiger partial charge in [-0.3, -0.25) is 14.5 Å². The van der Waals surface area contributed by atoms with E-state index < -0.39 is 0 Å². The minimum absolute atomic E-state index is 0.0956. The van der Waals surface area contributed by atoms with E-state index in [-0.39, 0.29) is 18.4 Å². The van der Waals surface area contributed by atoms with Gasteiger partial charge in [0.2, 0.25) is 0 Å². The van der Waals surface area contributed by atoms with Gasteiger partial charge in [0.05, 0.1) is 23.4 Å². The van der Waals surface area contributed by atoms with Crippen molar-refractivity contribution in [2.24, 2.45) is 0 Å². The van der Waals surface area contributed by atoms with Crippen LogP contribution in [0.15, 0.2) is 65.1 Å². The molecule has 0 aliphatic carbocycles. The smallest absolute Gasteiger partial charge is 0.261 e. The van der Waals surface area contributed by atoms with E-state index in [9.17, 15) is 9.59 Å². The number of imide groups is 1. The summed E-state index contributed by atoms with van der Waals surface area (Å²) in [6.45, 7) is 0.0956. The Kier molecular flexibility index (Phi) is 3.45. The summed E-state index contributed by atoms with van der Waals surface area (Å²) in [7, 11) is 0. The topological polar surface area (TPSA) is 66.3 Å². The predicted octanol–water partition coefficient (Wildman–Crippen LogP) is 4.88. The molecule has 0 saturated carbocycles. The minimum Gasteiger partial charge on any atom is -0.458 e. The molecule has 2 aromatic carbocycles. The highest BCUT2D eigenvalue weighted by Gasteiger charge is 2.35. The van der Waals surface area contributed by atoms with Gasteiger partial charge in [-0.1, -0.05) is 29.8 Å². The van der Waals surface area contributed by atoms with Crippen LogP contribution in [-0.2, 0) is 6.54 Å². The van der Waals surface area contributed by atoms with Crippen LogP contribution in [0.1, 0.15) is 26.5 Å². The van der Waals surface area contributed by atoms with Gasteiger partial charge in [-0.25, -0.2) is 0 Å². The molecule has 3 heterocycles. The molecule has 0 atom stereocenters. The summed E-state index contributed by atoms with van der Waals surface area (Å²) in [5.74, 6) is 0.577. The second kappa shape index (κ2) is 5.86. The number of benzene rings is 2. The number of nitrogens with one attached hydrogen (secondary N) is 1. The molecule has 0 saturated heterocycles. The van der Waals surface area contributed by atoms with Crippen molar-refractivity contribution in [1.82, 2.24) is 9.88 Å². The normalized spacial score (nSPS) is 13.6. The van der Waals surface area contributed by atoms with Crippen LogP contribution in [0.3, 0.4) is 0 Å². The molecular formula is C21H13ClN2O3. The maximum Gasteiger partial charge on any atom is 0.261 e. The summed E-state index contributed by atoms with van der Waals surface area (Å²) in [6, 6.07) is 18.0. The molecule has 5 nitrogen and oxygen atoms in total. The number of carbonyl (C=O) groups is 2. The monoisotopic (exact) mass is 376 g/mol. The highest BCUT2D eigenvalue weighted by Crippen LogP contribution is 2.29. The lowest BCUT2D eigenvalue weighted by molar-refractivity contribution is 0.0632. The average Bonchev–Trinajstić information content (AvgIpc) is 3.36. The molecule has 6 heteroatoms. The summed E-state index contributed by atoms with van der Waals surface area (Å²) in [4.78, 5) is 29.4. The first kappa shape index (κ1) is 15.9. The third-order valence-electron chi connectivity index (χ3n) is 4.70. The number of aromatic nitrogens is 1. The van der Waals surface area contributed by atoms with Crippen molar-refractivity contribution in [3.63, 3.8) is 0 Å². The van der Waals surface area contributed by atoms with E-state index in [1.165, 1.54) is 4.90 Å². The van der Waals surface area contributed by atoms with E-state index in [0.29, 0.717) is 27.7 Å². The summed E-state index contributed by atoms with van der Waals surface area (Å²) in [6.07, 6.45) is 0. The summed E-state index contributed by atoms with van der Waals surface area (Å²) in [5.41, 5.74) is 2.58. The molecule has 4 aromatic rings. The van der Waals surface area contributed by atoms with Gasteiger partial charge in [0, 0.05) is 15.9 Å². The van der Waals surface area contributed by atoms with E-state index in [1.54, 1.807) is 30.3 Å². The highest BCUT2D eigenvalue weighted by atomic mass is 35.5. The van der Waals surface area contributed by atoms with Crippen molar-refractivity contribution >= 4 is 34.3 Å². The molecule has 1 aliphatic heterocycles. The Balaban J connectivity index is 1.43. The van der Waals surface area contributed by atoms with Crippen LogP contribution in [0.25, 0.3) is 22.4 Å². The van der Waals surface area contributed by atoms with Crippen LogP contribution in [0, 0.1) is 0 Å². The number of fused-ring (bicyclic) bond motifs is 2. The van der Waals surface area contributed by atoms with Gasteiger partial charge in [0.15, 0.2) is 5.76 Å². The third-order valence-corrected chi connectivity index (χ3v) is 4.94. The average molecular weight is 377 g/mol. The largest absolute Gasteiger partial charge is 0.458 e. The van der Waals surface area contributed by atoms with Gasteiger partial charge in [0.1, 0.15) is 5.76 Å². The zero-order valence-electron chi connectivity index (χ0n) is 14.0. The van der Waals surface area contributed by atoms with Crippen molar-refractivity contribution < 1.29 is 14.0 Å². The molecule has 2 amide bonds. The number of nitrogens with zero attached hydrogens (tertiary/aromatic N) is 1. The molecule has 0 spiro atoms. The Labute approximate surface area is 159 Å². The Bertz CT molecular complexity index is 1190. The van der Waals surface area contributed by atoms with E-state index >= 15 is 0 Å². The number of hydrogen-bond donors (Lipinski definition) is 1. The van der Waals surface area contributed by atoms with E-state index in [0.717, 1.165) is 16.6 Å². The van der Waals surface area contributed by atoms with Crippen molar-refractivity contribution in [2.45, 2.75) is 6.54 Å². The van der Waals surface area contributed by atoms with Crippen LogP contribution < -0.4 is 0 Å². The van der Waals surface area contributed by atoms with Crippen molar-refractivity contribution in [3.8, 4) is 11.5 Å². The van der Waals surface area contributed by atoms with Crippen LogP contribution in [0.2, 0.25) is 5.02 Å². The van der Waals surface area contributed by atoms with Crippen LogP contribution in [-0.4, -0.2) is 21.7 Å². The molecule has 5 rings (SSSR count). The van der Waals surface area contributed by atoms with E-state index in [1.807, 2.05) is 30.3 Å². The van der Waals surface area contributed by atoms with Crippen LogP contribution in [0.4, 0.5) is 0 Å². The maximum absolute atomic E-state index is 12.5.